The molecule has 3 nitrogen and oxygen atoms in total. The van der Waals surface area contributed by atoms with E-state index in [-0.39, 0.29) is 5.24 Å². The third kappa shape index (κ3) is 3.43. The Hall–Kier alpha value is -2.78. The van der Waals surface area contributed by atoms with E-state index >= 15 is 0 Å². The smallest absolute Gasteiger partial charge is 0.218 e. The Bertz CT molecular complexity index is 1160. The summed E-state index contributed by atoms with van der Waals surface area (Å²) in [5.41, 5.74) is 7.56. The lowest BCUT2D eigenvalue weighted by Crippen LogP contribution is -1.85. The van der Waals surface area contributed by atoms with Crippen molar-refractivity contribution in [2.75, 3.05) is 6.61 Å². The van der Waals surface area contributed by atoms with E-state index in [1.54, 1.807) is 0 Å². The molecule has 4 heteroatoms. The highest BCUT2D eigenvalue weighted by Crippen LogP contribution is 2.34. The number of para-hydroxylation sites is 1. The van der Waals surface area contributed by atoms with E-state index in [0.717, 1.165) is 18.8 Å². The van der Waals surface area contributed by atoms with E-state index in [1.807, 2.05) is 0 Å². The number of ether oxygens (including phenoxy) is 1. The number of aromatic nitrogens is 1. The first-order valence-corrected chi connectivity index (χ1v) is 9.34. The maximum absolute atomic E-state index is 9.21. The number of hydrogen-bond acceptors (Lipinski definition) is 2. The summed E-state index contributed by atoms with van der Waals surface area (Å²) in [4.78, 5) is 12.8. The van der Waals surface area contributed by atoms with Crippen molar-refractivity contribution >= 4 is 38.6 Å². The molecule has 136 valence electrons. The summed E-state index contributed by atoms with van der Waals surface area (Å²) in [7, 11) is 0. The molecular formula is C23H20ClNO2. The fourth-order valence-corrected chi connectivity index (χ4v) is 3.61. The minimum absolute atomic E-state index is 0.361. The van der Waals surface area contributed by atoms with Gasteiger partial charge >= 0.3 is 0 Å². The Balaban J connectivity index is 0.000000413. The zero-order valence-corrected chi connectivity index (χ0v) is 16.1. The van der Waals surface area contributed by atoms with Crippen LogP contribution in [0.5, 0.6) is 5.75 Å². The van der Waals surface area contributed by atoms with Crippen LogP contribution >= 0.6 is 11.6 Å². The molecule has 1 aliphatic heterocycles. The van der Waals surface area contributed by atoms with Crippen LogP contribution in [0.1, 0.15) is 18.1 Å². The fourth-order valence-electron chi connectivity index (χ4n) is 3.61. The van der Waals surface area contributed by atoms with Crippen molar-refractivity contribution in [3.05, 3.63) is 65.7 Å². The molecule has 0 amide bonds. The highest BCUT2D eigenvalue weighted by atomic mass is 35.5. The minimum atomic E-state index is -0.361. The van der Waals surface area contributed by atoms with Gasteiger partial charge in [-0.15, -0.1) is 0 Å². The van der Waals surface area contributed by atoms with Gasteiger partial charge in [-0.05, 0) is 65.0 Å². The maximum atomic E-state index is 9.21. The van der Waals surface area contributed by atoms with Gasteiger partial charge in [0.15, 0.2) is 0 Å². The number of fused-ring (bicyclic) bond motifs is 4. The van der Waals surface area contributed by atoms with E-state index in [0.29, 0.717) is 0 Å². The Morgan fingerprint density at radius 3 is 2.59 bits per heavy atom. The Morgan fingerprint density at radius 1 is 1.04 bits per heavy atom. The fraction of sp³-hybridized carbons (Fsp3) is 0.174. The van der Waals surface area contributed by atoms with Gasteiger partial charge in [-0.2, -0.15) is 0 Å². The number of aryl methyl sites for hydroxylation is 1. The number of hydrogen-bond donors (Lipinski definition) is 1. The zero-order chi connectivity index (χ0) is 19.0. The van der Waals surface area contributed by atoms with E-state index in [2.05, 4.69) is 78.1 Å². The number of nitrogens with one attached hydrogen (secondary N) is 1. The molecule has 0 bridgehead atoms. The molecule has 2 heterocycles. The standard InChI is InChI=1S/C21H17NO.C2H3ClO/c1-13-3-2-4-17-18-12-15(5-7-19(18)22-21(13)17)14-6-8-20-16(11-14)9-10-23-20;1-2(3)4/h2-8,11-12,22H,9-10H2,1H3;1H3. The predicted molar refractivity (Wildman–Crippen MR) is 112 cm³/mol. The molecule has 0 atom stereocenters. The number of benzene rings is 3. The van der Waals surface area contributed by atoms with Gasteiger partial charge in [-0.3, -0.25) is 4.79 Å². The first kappa shape index (κ1) is 17.6. The summed E-state index contributed by atoms with van der Waals surface area (Å²) >= 11 is 4.64. The highest BCUT2D eigenvalue weighted by molar-refractivity contribution is 6.62. The molecule has 4 aromatic rings. The molecule has 1 aromatic heterocycles. The molecule has 0 saturated heterocycles. The zero-order valence-electron chi connectivity index (χ0n) is 15.3. The van der Waals surface area contributed by atoms with Gasteiger partial charge in [0, 0.05) is 35.2 Å². The first-order chi connectivity index (χ1) is 13.0. The summed E-state index contributed by atoms with van der Waals surface area (Å²) in [6.45, 7) is 4.25. The van der Waals surface area contributed by atoms with E-state index in [4.69, 9.17) is 4.74 Å². The Labute approximate surface area is 162 Å². The van der Waals surface area contributed by atoms with Crippen LogP contribution in [0.15, 0.2) is 54.6 Å². The second-order valence-electron chi connectivity index (χ2n) is 6.77. The molecule has 0 radical (unpaired) electrons. The van der Waals surface area contributed by atoms with Gasteiger partial charge in [0.2, 0.25) is 5.24 Å². The maximum Gasteiger partial charge on any atom is 0.218 e. The molecule has 1 N–H and O–H groups in total. The SMILES string of the molecule is CC(=O)Cl.Cc1cccc2c1[nH]c1ccc(-c3ccc4c(c3)CCO4)cc12. The van der Waals surface area contributed by atoms with Crippen molar-refractivity contribution in [1.82, 2.24) is 4.98 Å². The lowest BCUT2D eigenvalue weighted by Gasteiger charge is -2.05. The normalized spacial score (nSPS) is 12.4. The van der Waals surface area contributed by atoms with Crippen LogP contribution in [-0.2, 0) is 11.2 Å². The summed E-state index contributed by atoms with van der Waals surface area (Å²) in [5, 5.41) is 2.23. The van der Waals surface area contributed by atoms with Crippen molar-refractivity contribution < 1.29 is 9.53 Å². The average molecular weight is 378 g/mol. The van der Waals surface area contributed by atoms with Gasteiger partial charge in [-0.25, -0.2) is 0 Å². The topological polar surface area (TPSA) is 42.1 Å². The Morgan fingerprint density at radius 2 is 1.78 bits per heavy atom. The third-order valence-electron chi connectivity index (χ3n) is 4.86. The van der Waals surface area contributed by atoms with Crippen LogP contribution in [0, 0.1) is 6.92 Å². The largest absolute Gasteiger partial charge is 0.493 e. The van der Waals surface area contributed by atoms with Crippen LogP contribution in [0.2, 0.25) is 0 Å². The molecule has 0 aliphatic carbocycles. The monoisotopic (exact) mass is 377 g/mol. The summed E-state index contributed by atoms with van der Waals surface area (Å²) in [5.74, 6) is 1.04. The summed E-state index contributed by atoms with van der Waals surface area (Å²) in [6, 6.07) is 19.7. The van der Waals surface area contributed by atoms with Gasteiger partial charge < -0.3 is 9.72 Å². The van der Waals surface area contributed by atoms with Gasteiger partial charge in [0.05, 0.1) is 6.61 Å². The average Bonchev–Trinajstić information content (AvgIpc) is 3.25. The van der Waals surface area contributed by atoms with Crippen LogP contribution < -0.4 is 4.74 Å². The van der Waals surface area contributed by atoms with E-state index < -0.39 is 0 Å². The number of H-pyrrole nitrogens is 1. The number of aromatic amines is 1. The summed E-state index contributed by atoms with van der Waals surface area (Å²) in [6.07, 6.45) is 1.01. The molecule has 0 fully saturated rings. The minimum Gasteiger partial charge on any atom is -0.493 e. The Kier molecular flexibility index (Phi) is 4.63. The lowest BCUT2D eigenvalue weighted by atomic mass is 10.00. The van der Waals surface area contributed by atoms with Gasteiger partial charge in [0.25, 0.3) is 0 Å². The molecule has 1 aliphatic rings. The summed E-state index contributed by atoms with van der Waals surface area (Å²) < 4.78 is 5.61. The quantitative estimate of drug-likeness (QED) is 0.413. The van der Waals surface area contributed by atoms with E-state index in [1.165, 1.54) is 51.0 Å². The third-order valence-corrected chi connectivity index (χ3v) is 4.86. The molecule has 3 aromatic carbocycles. The van der Waals surface area contributed by atoms with Gasteiger partial charge in [0.1, 0.15) is 5.75 Å². The molecule has 0 spiro atoms. The number of rotatable bonds is 1. The molecular weight excluding hydrogens is 358 g/mol. The predicted octanol–water partition coefficient (Wildman–Crippen LogP) is 6.00. The van der Waals surface area contributed by atoms with Crippen molar-refractivity contribution in [2.45, 2.75) is 20.3 Å². The van der Waals surface area contributed by atoms with E-state index in [9.17, 15) is 4.79 Å². The van der Waals surface area contributed by atoms with Crippen molar-refractivity contribution in [1.29, 1.82) is 0 Å². The van der Waals surface area contributed by atoms with Crippen molar-refractivity contribution in [2.24, 2.45) is 0 Å². The van der Waals surface area contributed by atoms with Crippen LogP contribution in [0.25, 0.3) is 32.9 Å². The second kappa shape index (κ2) is 7.09. The molecule has 0 unspecified atom stereocenters. The number of halogens is 1. The molecule has 5 rings (SSSR count). The van der Waals surface area contributed by atoms with Crippen LogP contribution in [-0.4, -0.2) is 16.8 Å². The van der Waals surface area contributed by atoms with Gasteiger partial charge in [-0.1, -0.05) is 30.3 Å². The van der Waals surface area contributed by atoms with Crippen LogP contribution in [0.3, 0.4) is 0 Å². The molecule has 0 saturated carbocycles. The molecule has 27 heavy (non-hydrogen) atoms. The van der Waals surface area contributed by atoms with Crippen molar-refractivity contribution in [3.8, 4) is 16.9 Å². The lowest BCUT2D eigenvalue weighted by molar-refractivity contribution is -0.109. The first-order valence-electron chi connectivity index (χ1n) is 8.96. The second-order valence-corrected chi connectivity index (χ2v) is 7.31. The highest BCUT2D eigenvalue weighted by Gasteiger charge is 2.13. The van der Waals surface area contributed by atoms with Crippen LogP contribution in [0.4, 0.5) is 0 Å². The number of carbonyl (C=O) groups excluding carboxylic acids is 1. The number of carbonyl (C=O) groups is 1. The van der Waals surface area contributed by atoms with Crippen molar-refractivity contribution in [3.63, 3.8) is 0 Å².